The first-order valence-corrected chi connectivity index (χ1v) is 12.0. The molecule has 0 saturated carbocycles. The molecule has 7 nitrogen and oxygen atoms in total. The Hall–Kier alpha value is -3.74. The van der Waals surface area contributed by atoms with Gasteiger partial charge in [-0.1, -0.05) is 50.5 Å². The molecule has 34 heavy (non-hydrogen) atoms. The van der Waals surface area contributed by atoms with E-state index in [1.54, 1.807) is 18.0 Å². The predicted molar refractivity (Wildman–Crippen MR) is 135 cm³/mol. The lowest BCUT2D eigenvalue weighted by Crippen LogP contribution is -2.21. The van der Waals surface area contributed by atoms with Crippen LogP contribution in [0.1, 0.15) is 38.2 Å². The number of ether oxygens (including phenoxy) is 1. The quantitative estimate of drug-likeness (QED) is 0.288. The summed E-state index contributed by atoms with van der Waals surface area (Å²) < 4.78 is 9.03. The standard InChI is InChI=1S/C27H29N5O2/c1-3-4-5-8-16-31-18-28-25-23(27(31)33)24-26(30-22-10-7-6-9-21(22)29-24)32(25)17-15-19-11-13-20(34-2)14-12-19/h6-7,9-14,18H,3-5,8,15-17H2,1-2H3. The molecule has 0 aliphatic carbocycles. The lowest BCUT2D eigenvalue weighted by molar-refractivity contribution is 0.414. The molecule has 3 heterocycles. The Morgan fingerprint density at radius 1 is 0.882 bits per heavy atom. The number of aryl methyl sites for hydroxylation is 3. The van der Waals surface area contributed by atoms with E-state index >= 15 is 0 Å². The van der Waals surface area contributed by atoms with Crippen LogP contribution in [0.25, 0.3) is 33.2 Å². The van der Waals surface area contributed by atoms with Gasteiger partial charge in [-0.25, -0.2) is 15.0 Å². The van der Waals surface area contributed by atoms with Crippen LogP contribution in [0, 0.1) is 0 Å². The van der Waals surface area contributed by atoms with E-state index in [0.29, 0.717) is 35.3 Å². The third-order valence-corrected chi connectivity index (χ3v) is 6.35. The lowest BCUT2D eigenvalue weighted by Gasteiger charge is -2.08. The molecule has 0 N–H and O–H groups in total. The Bertz CT molecular complexity index is 1500. The number of nitrogens with zero attached hydrogens (tertiary/aromatic N) is 5. The van der Waals surface area contributed by atoms with Crippen molar-refractivity contribution in [2.45, 2.75) is 52.1 Å². The van der Waals surface area contributed by atoms with Crippen LogP contribution in [0.4, 0.5) is 0 Å². The lowest BCUT2D eigenvalue weighted by atomic mass is 10.1. The molecule has 0 saturated heterocycles. The van der Waals surface area contributed by atoms with E-state index in [-0.39, 0.29) is 5.56 Å². The van der Waals surface area contributed by atoms with Crippen LogP contribution in [-0.4, -0.2) is 31.2 Å². The van der Waals surface area contributed by atoms with Gasteiger partial charge in [0.15, 0.2) is 11.3 Å². The number of unbranched alkanes of at least 4 members (excludes halogenated alkanes) is 3. The van der Waals surface area contributed by atoms with Crippen LogP contribution in [0.3, 0.4) is 0 Å². The van der Waals surface area contributed by atoms with Crippen molar-refractivity contribution in [2.24, 2.45) is 0 Å². The summed E-state index contributed by atoms with van der Waals surface area (Å²) in [5.41, 5.74) is 4.70. The second kappa shape index (κ2) is 9.63. The van der Waals surface area contributed by atoms with Gasteiger partial charge >= 0.3 is 0 Å². The maximum atomic E-state index is 13.5. The predicted octanol–water partition coefficient (Wildman–Crippen LogP) is 5.13. The van der Waals surface area contributed by atoms with Gasteiger partial charge in [0, 0.05) is 13.1 Å². The fraction of sp³-hybridized carbons (Fsp3) is 0.333. The van der Waals surface area contributed by atoms with Gasteiger partial charge in [0.25, 0.3) is 5.56 Å². The van der Waals surface area contributed by atoms with E-state index in [1.165, 1.54) is 12.0 Å². The zero-order chi connectivity index (χ0) is 23.5. The molecule has 5 rings (SSSR count). The number of para-hydroxylation sites is 2. The topological polar surface area (TPSA) is 74.8 Å². The molecule has 0 aliphatic heterocycles. The Balaban J connectivity index is 1.60. The number of rotatable bonds is 9. The normalized spacial score (nSPS) is 11.6. The Morgan fingerprint density at radius 3 is 2.38 bits per heavy atom. The summed E-state index contributed by atoms with van der Waals surface area (Å²) in [6, 6.07) is 15.8. The van der Waals surface area contributed by atoms with Gasteiger partial charge in [-0.2, -0.15) is 0 Å². The SMILES string of the molecule is CCCCCCn1cnc2c(c1=O)c1nc3ccccc3nc1n2CCc1ccc(OC)cc1. The van der Waals surface area contributed by atoms with Crippen LogP contribution >= 0.6 is 0 Å². The van der Waals surface area contributed by atoms with Crippen molar-refractivity contribution in [1.82, 2.24) is 24.1 Å². The number of hydrogen-bond donors (Lipinski definition) is 0. The maximum Gasteiger partial charge on any atom is 0.265 e. The zero-order valence-electron chi connectivity index (χ0n) is 19.7. The smallest absolute Gasteiger partial charge is 0.265 e. The van der Waals surface area contributed by atoms with Crippen molar-refractivity contribution in [1.29, 1.82) is 0 Å². The van der Waals surface area contributed by atoms with Gasteiger partial charge in [-0.3, -0.25) is 9.36 Å². The molecule has 0 radical (unpaired) electrons. The fourth-order valence-corrected chi connectivity index (χ4v) is 4.45. The largest absolute Gasteiger partial charge is 0.497 e. The first-order valence-electron chi connectivity index (χ1n) is 12.0. The molecule has 0 fully saturated rings. The van der Waals surface area contributed by atoms with E-state index in [4.69, 9.17) is 19.7 Å². The minimum atomic E-state index is -0.0423. The van der Waals surface area contributed by atoms with Gasteiger partial charge in [0.2, 0.25) is 0 Å². The minimum Gasteiger partial charge on any atom is -0.497 e. The highest BCUT2D eigenvalue weighted by Crippen LogP contribution is 2.25. The summed E-state index contributed by atoms with van der Waals surface area (Å²) in [4.78, 5) is 28.0. The average molecular weight is 456 g/mol. The third-order valence-electron chi connectivity index (χ3n) is 6.35. The van der Waals surface area contributed by atoms with Crippen LogP contribution in [0.2, 0.25) is 0 Å². The van der Waals surface area contributed by atoms with E-state index in [9.17, 15) is 4.79 Å². The van der Waals surface area contributed by atoms with Crippen molar-refractivity contribution < 1.29 is 4.74 Å². The molecule has 0 unspecified atom stereocenters. The Kier molecular flexibility index (Phi) is 6.25. The van der Waals surface area contributed by atoms with Gasteiger partial charge in [-0.15, -0.1) is 0 Å². The summed E-state index contributed by atoms with van der Waals surface area (Å²) in [5, 5.41) is 0.556. The van der Waals surface area contributed by atoms with Crippen LogP contribution in [0.5, 0.6) is 5.75 Å². The molecule has 7 heteroatoms. The van der Waals surface area contributed by atoms with Crippen LogP contribution in [-0.2, 0) is 19.5 Å². The highest BCUT2D eigenvalue weighted by molar-refractivity contribution is 6.04. The maximum absolute atomic E-state index is 13.5. The second-order valence-electron chi connectivity index (χ2n) is 8.64. The summed E-state index contributed by atoms with van der Waals surface area (Å²) in [5.74, 6) is 0.833. The van der Waals surface area contributed by atoms with Gasteiger partial charge < -0.3 is 9.30 Å². The van der Waals surface area contributed by atoms with Crippen LogP contribution in [0.15, 0.2) is 59.7 Å². The summed E-state index contributed by atoms with van der Waals surface area (Å²) in [7, 11) is 1.67. The summed E-state index contributed by atoms with van der Waals surface area (Å²) >= 11 is 0. The number of benzene rings is 2. The second-order valence-corrected chi connectivity index (χ2v) is 8.64. The highest BCUT2D eigenvalue weighted by atomic mass is 16.5. The van der Waals surface area contributed by atoms with E-state index in [1.807, 2.05) is 41.0 Å². The monoisotopic (exact) mass is 455 g/mol. The first kappa shape index (κ1) is 22.1. The van der Waals surface area contributed by atoms with Gasteiger partial charge in [-0.05, 0) is 42.7 Å². The van der Waals surface area contributed by atoms with Crippen molar-refractivity contribution in [3.63, 3.8) is 0 Å². The summed E-state index contributed by atoms with van der Waals surface area (Å²) in [6.45, 7) is 3.50. The molecule has 174 valence electrons. The Labute approximate surface area is 198 Å². The van der Waals surface area contributed by atoms with Crippen molar-refractivity contribution >= 4 is 33.2 Å². The molecule has 0 spiro atoms. The fourth-order valence-electron chi connectivity index (χ4n) is 4.45. The zero-order valence-corrected chi connectivity index (χ0v) is 19.7. The van der Waals surface area contributed by atoms with E-state index in [0.717, 1.165) is 42.5 Å². The number of aromatic nitrogens is 5. The molecule has 2 aromatic carbocycles. The third kappa shape index (κ3) is 4.14. The highest BCUT2D eigenvalue weighted by Gasteiger charge is 2.19. The van der Waals surface area contributed by atoms with E-state index < -0.39 is 0 Å². The molecule has 3 aromatic heterocycles. The number of fused-ring (bicyclic) bond motifs is 4. The molecular formula is C27H29N5O2. The van der Waals surface area contributed by atoms with Crippen molar-refractivity contribution in [3.05, 3.63) is 70.8 Å². The average Bonchev–Trinajstić information content (AvgIpc) is 3.18. The molecule has 0 aliphatic rings. The summed E-state index contributed by atoms with van der Waals surface area (Å²) in [6.07, 6.45) is 6.86. The molecule has 0 amide bonds. The number of methoxy groups -OCH3 is 1. The molecule has 0 atom stereocenters. The molecule has 5 aromatic rings. The Morgan fingerprint density at radius 2 is 1.65 bits per heavy atom. The van der Waals surface area contributed by atoms with Gasteiger partial charge in [0.1, 0.15) is 16.7 Å². The van der Waals surface area contributed by atoms with Crippen molar-refractivity contribution in [2.75, 3.05) is 7.11 Å². The van der Waals surface area contributed by atoms with Crippen molar-refractivity contribution in [3.8, 4) is 5.75 Å². The molecule has 0 bridgehead atoms. The molecular weight excluding hydrogens is 426 g/mol. The number of hydrogen-bond acceptors (Lipinski definition) is 5. The first-order chi connectivity index (χ1) is 16.7. The van der Waals surface area contributed by atoms with E-state index in [2.05, 4.69) is 19.1 Å². The van der Waals surface area contributed by atoms with Crippen LogP contribution < -0.4 is 10.3 Å². The minimum absolute atomic E-state index is 0.0423. The van der Waals surface area contributed by atoms with Gasteiger partial charge in [0.05, 0.1) is 24.5 Å².